The predicted octanol–water partition coefficient (Wildman–Crippen LogP) is 1.40. The van der Waals surface area contributed by atoms with Crippen LogP contribution in [0.25, 0.3) is 11.3 Å². The van der Waals surface area contributed by atoms with Gasteiger partial charge in [0.05, 0.1) is 11.2 Å². The molecule has 0 aliphatic carbocycles. The summed E-state index contributed by atoms with van der Waals surface area (Å²) in [5.74, 6) is 0. The molecule has 0 bridgehead atoms. The molecule has 0 atom stereocenters. The lowest BCUT2D eigenvalue weighted by Crippen LogP contribution is -2.32. The Kier molecular flexibility index (Phi) is 6.50. The molecule has 0 N–H and O–H groups in total. The Bertz CT molecular complexity index is 760. The summed E-state index contributed by atoms with van der Waals surface area (Å²) in [5, 5.41) is 4.31. The van der Waals surface area contributed by atoms with Crippen LogP contribution in [0.1, 0.15) is 19.3 Å². The maximum Gasteiger partial charge on any atom is 0.316 e. The Labute approximate surface area is 148 Å². The van der Waals surface area contributed by atoms with E-state index in [0.717, 1.165) is 19.3 Å². The van der Waals surface area contributed by atoms with Gasteiger partial charge in [-0.1, -0.05) is 6.08 Å². The molecule has 0 aliphatic rings. The summed E-state index contributed by atoms with van der Waals surface area (Å²) in [7, 11) is 9.95. The lowest BCUT2D eigenvalue weighted by atomic mass is 9.68. The molecule has 2 heterocycles. The highest BCUT2D eigenvalue weighted by atomic mass is 19.1. The molecule has 2 aromatic heterocycles. The molecule has 0 saturated heterocycles. The molecule has 4 radical (unpaired) electrons. The minimum absolute atomic E-state index is 0.0561. The van der Waals surface area contributed by atoms with Gasteiger partial charge in [0, 0.05) is 30.6 Å². The van der Waals surface area contributed by atoms with Crippen LogP contribution in [0.5, 0.6) is 6.01 Å². The van der Waals surface area contributed by atoms with E-state index in [-0.39, 0.29) is 11.6 Å². The van der Waals surface area contributed by atoms with E-state index in [4.69, 9.17) is 20.4 Å². The van der Waals surface area contributed by atoms with E-state index in [1.807, 2.05) is 6.08 Å². The molecule has 0 unspecified atom stereocenters. The van der Waals surface area contributed by atoms with Crippen molar-refractivity contribution in [1.82, 2.24) is 19.7 Å². The van der Waals surface area contributed by atoms with Gasteiger partial charge in [0.2, 0.25) is 0 Å². The first kappa shape index (κ1) is 18.9. The van der Waals surface area contributed by atoms with Crippen LogP contribution in [0.3, 0.4) is 0 Å². The second-order valence-corrected chi connectivity index (χ2v) is 5.53. The van der Waals surface area contributed by atoms with Gasteiger partial charge in [-0.3, -0.25) is 9.18 Å². The van der Waals surface area contributed by atoms with E-state index in [1.54, 1.807) is 6.07 Å². The Morgan fingerprint density at radius 1 is 1.28 bits per heavy atom. The minimum atomic E-state index is -2.45. The average molecular weight is 338 g/mol. The van der Waals surface area contributed by atoms with Gasteiger partial charge in [0.25, 0.3) is 5.56 Å². The molecule has 126 valence electrons. The van der Waals surface area contributed by atoms with E-state index in [9.17, 15) is 9.18 Å². The summed E-state index contributed by atoms with van der Waals surface area (Å²) in [6.07, 6.45) is 7.43. The van der Waals surface area contributed by atoms with Crippen molar-refractivity contribution in [2.75, 3.05) is 6.61 Å². The van der Waals surface area contributed by atoms with E-state index >= 15 is 0 Å². The predicted molar refractivity (Wildman–Crippen MR) is 94.4 cm³/mol. The zero-order chi connectivity index (χ0) is 18.3. The Morgan fingerprint density at radius 3 is 2.64 bits per heavy atom. The highest BCUT2D eigenvalue weighted by Gasteiger charge is 2.16. The summed E-state index contributed by atoms with van der Waals surface area (Å²) in [5.41, 5.74) is -1.48. The highest BCUT2D eigenvalue weighted by Crippen LogP contribution is 2.15. The van der Waals surface area contributed by atoms with Crippen molar-refractivity contribution in [1.29, 1.82) is 0 Å². The molecule has 6 nitrogen and oxygen atoms in total. The van der Waals surface area contributed by atoms with Crippen LogP contribution >= 0.6 is 0 Å². The summed E-state index contributed by atoms with van der Waals surface area (Å²) < 4.78 is 19.3. The first-order valence-electron chi connectivity index (χ1n) is 7.80. The molecule has 2 aromatic rings. The van der Waals surface area contributed by atoms with E-state index in [2.05, 4.69) is 21.6 Å². The zero-order valence-electron chi connectivity index (χ0n) is 13.8. The molecule has 0 aromatic carbocycles. The van der Waals surface area contributed by atoms with Crippen LogP contribution in [-0.4, -0.2) is 47.5 Å². The summed E-state index contributed by atoms with van der Waals surface area (Å²) in [4.78, 5) is 19.8. The van der Waals surface area contributed by atoms with Crippen molar-refractivity contribution < 1.29 is 9.13 Å². The molecule has 25 heavy (non-hydrogen) atoms. The van der Waals surface area contributed by atoms with Crippen LogP contribution < -0.4 is 10.3 Å². The number of hydrogen-bond acceptors (Lipinski definition) is 5. The normalized spacial score (nSPS) is 11.2. The van der Waals surface area contributed by atoms with E-state index in [1.165, 1.54) is 23.1 Å². The van der Waals surface area contributed by atoms with Crippen LogP contribution in [-0.2, 0) is 6.54 Å². The number of allylic oxidation sites excluding steroid dienone is 1. The molecule has 9 heteroatoms. The number of aryl methyl sites for hydroxylation is 1. The van der Waals surface area contributed by atoms with Crippen LogP contribution in [0.4, 0.5) is 4.39 Å². The zero-order valence-corrected chi connectivity index (χ0v) is 13.8. The molecule has 2 rings (SSSR count). The van der Waals surface area contributed by atoms with Gasteiger partial charge in [-0.05, 0) is 25.3 Å². The first-order valence-corrected chi connectivity index (χ1v) is 7.80. The third-order valence-electron chi connectivity index (χ3n) is 3.24. The number of halogens is 1. The molecule has 0 spiro atoms. The summed E-state index contributed by atoms with van der Waals surface area (Å²) >= 11 is 0. The Hall–Kier alpha value is -2.44. The number of alkyl halides is 1. The van der Waals surface area contributed by atoms with Gasteiger partial charge in [-0.15, -0.1) is 6.58 Å². The van der Waals surface area contributed by atoms with Gasteiger partial charge < -0.3 is 4.74 Å². The van der Waals surface area contributed by atoms with Gasteiger partial charge in [-0.2, -0.15) is 5.10 Å². The summed E-state index contributed by atoms with van der Waals surface area (Å²) in [6.45, 7) is 3.62. The molecule has 0 fully saturated rings. The molecule has 0 saturated carbocycles. The third kappa shape index (κ3) is 6.17. The molecular formula is C16H17B2FN4O2. The first-order chi connectivity index (χ1) is 11.9. The molecule has 0 aliphatic heterocycles. The lowest BCUT2D eigenvalue weighted by molar-refractivity contribution is 0.209. The summed E-state index contributed by atoms with van der Waals surface area (Å²) in [6, 6.07) is 2.98. The average Bonchev–Trinajstić information content (AvgIpc) is 2.58. The van der Waals surface area contributed by atoms with Gasteiger partial charge in [-0.25, -0.2) is 14.6 Å². The van der Waals surface area contributed by atoms with Crippen LogP contribution in [0.15, 0.2) is 42.0 Å². The number of nitrogens with zero attached hydrogens (tertiary/aromatic N) is 4. The Balaban J connectivity index is 2.07. The second-order valence-electron chi connectivity index (χ2n) is 5.53. The lowest BCUT2D eigenvalue weighted by Gasteiger charge is -2.14. The van der Waals surface area contributed by atoms with Gasteiger partial charge >= 0.3 is 6.01 Å². The topological polar surface area (TPSA) is 69.9 Å². The molecular weight excluding hydrogens is 321 g/mol. The Morgan fingerprint density at radius 2 is 2.00 bits per heavy atom. The van der Waals surface area contributed by atoms with Crippen molar-refractivity contribution in [3.63, 3.8) is 0 Å². The number of aromatic nitrogens is 4. The van der Waals surface area contributed by atoms with Crippen molar-refractivity contribution in [3.8, 4) is 17.3 Å². The number of ether oxygens (including phenoxy) is 1. The van der Waals surface area contributed by atoms with Gasteiger partial charge in [0.15, 0.2) is 0 Å². The SMILES string of the molecule is [B]C([B])(F)COc1ncc(-c2ccc(=O)n(CCCCC=C)n2)cn1. The maximum absolute atomic E-state index is 13.0. The number of unbranched alkanes of at least 4 members (excludes halogenated alkanes) is 2. The van der Waals surface area contributed by atoms with Gasteiger partial charge in [0.1, 0.15) is 22.3 Å². The van der Waals surface area contributed by atoms with E-state index in [0.29, 0.717) is 17.8 Å². The van der Waals surface area contributed by atoms with Crippen molar-refractivity contribution in [2.24, 2.45) is 0 Å². The number of rotatable bonds is 9. The van der Waals surface area contributed by atoms with Crippen molar-refractivity contribution in [2.45, 2.75) is 31.3 Å². The highest BCUT2D eigenvalue weighted by molar-refractivity contribution is 6.39. The number of hydrogen-bond donors (Lipinski definition) is 0. The molecule has 0 amide bonds. The smallest absolute Gasteiger partial charge is 0.316 e. The van der Waals surface area contributed by atoms with Crippen LogP contribution in [0, 0.1) is 0 Å². The van der Waals surface area contributed by atoms with Crippen molar-refractivity contribution in [3.05, 3.63) is 47.5 Å². The largest absolute Gasteiger partial charge is 0.462 e. The fourth-order valence-electron chi connectivity index (χ4n) is 2.01. The van der Waals surface area contributed by atoms with E-state index < -0.39 is 12.1 Å². The third-order valence-corrected chi connectivity index (χ3v) is 3.24. The fraction of sp³-hybridized carbons (Fsp3) is 0.375. The maximum atomic E-state index is 13.0. The van der Waals surface area contributed by atoms with Crippen molar-refractivity contribution >= 4 is 15.7 Å². The van der Waals surface area contributed by atoms with Crippen LogP contribution in [0.2, 0.25) is 0 Å². The quantitative estimate of drug-likeness (QED) is 0.393. The standard InChI is InChI=1S/C16H17B2FN4O2/c1-2-3-4-5-8-23-14(24)7-6-13(22-23)12-9-20-15(21-10-12)25-11-16(17,18)19/h2,6-7,9-10H,1,3-5,8,11H2. The second kappa shape index (κ2) is 8.60. The fourth-order valence-corrected chi connectivity index (χ4v) is 2.01. The monoisotopic (exact) mass is 338 g/mol. The minimum Gasteiger partial charge on any atom is -0.462 e.